The lowest BCUT2D eigenvalue weighted by molar-refractivity contribution is -0.182. The average Bonchev–Trinajstić information content (AvgIpc) is 2.81. The minimum Gasteiger partial charge on any atom is -0.466 e. The summed E-state index contributed by atoms with van der Waals surface area (Å²) in [4.78, 5) is 49.3. The van der Waals surface area contributed by atoms with Gasteiger partial charge < -0.3 is 18.9 Å². The quantitative estimate of drug-likeness (QED) is 0.432. The molecule has 0 spiro atoms. The van der Waals surface area contributed by atoms with E-state index in [0.717, 1.165) is 11.1 Å². The lowest BCUT2D eigenvalue weighted by Gasteiger charge is -2.35. The largest absolute Gasteiger partial charge is 0.466 e. The fourth-order valence-electron chi connectivity index (χ4n) is 3.66. The summed E-state index contributed by atoms with van der Waals surface area (Å²) in [7, 11) is 1.21. The van der Waals surface area contributed by atoms with Gasteiger partial charge in [0.15, 0.2) is 12.2 Å². The molecule has 178 valence electrons. The number of hydrogen-bond donors (Lipinski definition) is 0. The van der Waals surface area contributed by atoms with Gasteiger partial charge in [-0.3, -0.25) is 14.4 Å². The van der Waals surface area contributed by atoms with E-state index in [1.165, 1.54) is 20.1 Å². The van der Waals surface area contributed by atoms with E-state index in [2.05, 4.69) is 0 Å². The third-order valence-electron chi connectivity index (χ3n) is 5.16. The normalized spacial score (nSPS) is 19.4. The number of ether oxygens (including phenoxy) is 4. The van der Waals surface area contributed by atoms with Gasteiger partial charge in [-0.05, 0) is 17.2 Å². The number of methoxy groups -OCH3 is 1. The van der Waals surface area contributed by atoms with Gasteiger partial charge in [-0.15, -0.1) is 0 Å². The van der Waals surface area contributed by atoms with Crippen LogP contribution in [0.4, 0.5) is 0 Å². The SMILES string of the molecule is COC(=O)C1=CC(OC(C)=O)[C@@H](OC(=O)Cc2ccccc2)[C@H](OC(=O)Cc2ccccc2)C1. The second-order valence-electron chi connectivity index (χ2n) is 7.77. The van der Waals surface area contributed by atoms with Gasteiger partial charge in [0.25, 0.3) is 0 Å². The van der Waals surface area contributed by atoms with E-state index in [9.17, 15) is 19.2 Å². The van der Waals surface area contributed by atoms with Gasteiger partial charge in [0.1, 0.15) is 6.10 Å². The summed E-state index contributed by atoms with van der Waals surface area (Å²) in [5.74, 6) is -2.47. The Bertz CT molecular complexity index is 1040. The van der Waals surface area contributed by atoms with E-state index in [1.54, 1.807) is 48.5 Å². The maximum atomic E-state index is 12.7. The van der Waals surface area contributed by atoms with Crippen LogP contribution in [0.15, 0.2) is 72.3 Å². The highest BCUT2D eigenvalue weighted by atomic mass is 16.6. The molecule has 0 bridgehead atoms. The molecular formula is C26H26O8. The minimum absolute atomic E-state index is 0.0163. The van der Waals surface area contributed by atoms with Gasteiger partial charge >= 0.3 is 23.9 Å². The van der Waals surface area contributed by atoms with Crippen molar-refractivity contribution in [2.45, 2.75) is 44.5 Å². The molecule has 0 heterocycles. The van der Waals surface area contributed by atoms with Crippen LogP contribution in [0.1, 0.15) is 24.5 Å². The first kappa shape index (κ1) is 24.7. The van der Waals surface area contributed by atoms with Crippen LogP contribution in [0.3, 0.4) is 0 Å². The highest BCUT2D eigenvalue weighted by molar-refractivity contribution is 5.89. The summed E-state index contributed by atoms with van der Waals surface area (Å²) in [6, 6.07) is 18.0. The Morgan fingerprint density at radius 2 is 1.32 bits per heavy atom. The second-order valence-corrected chi connectivity index (χ2v) is 7.77. The first-order valence-electron chi connectivity index (χ1n) is 10.8. The van der Waals surface area contributed by atoms with Crippen molar-refractivity contribution in [2.75, 3.05) is 7.11 Å². The van der Waals surface area contributed by atoms with Crippen LogP contribution < -0.4 is 0 Å². The molecule has 0 radical (unpaired) electrons. The third kappa shape index (κ3) is 7.03. The molecule has 0 fully saturated rings. The topological polar surface area (TPSA) is 105 Å². The lowest BCUT2D eigenvalue weighted by atomic mass is 9.91. The van der Waals surface area contributed by atoms with Crippen molar-refractivity contribution < 1.29 is 38.1 Å². The first-order chi connectivity index (χ1) is 16.4. The second kappa shape index (κ2) is 11.8. The molecule has 1 aliphatic rings. The van der Waals surface area contributed by atoms with Crippen LogP contribution >= 0.6 is 0 Å². The zero-order chi connectivity index (χ0) is 24.5. The number of hydrogen-bond acceptors (Lipinski definition) is 8. The van der Waals surface area contributed by atoms with Crippen molar-refractivity contribution in [1.82, 2.24) is 0 Å². The molecule has 0 aliphatic heterocycles. The van der Waals surface area contributed by atoms with Crippen LogP contribution in [0.25, 0.3) is 0 Å². The summed E-state index contributed by atoms with van der Waals surface area (Å²) in [5.41, 5.74) is 1.62. The molecule has 34 heavy (non-hydrogen) atoms. The predicted octanol–water partition coefficient (Wildman–Crippen LogP) is 2.73. The summed E-state index contributed by atoms with van der Waals surface area (Å²) in [6.07, 6.45) is -2.05. The standard InChI is InChI=1S/C26H26O8/c1-17(27)32-21-15-20(26(30)31-2)16-22(33-23(28)13-18-9-5-3-6-10-18)25(21)34-24(29)14-19-11-7-4-8-12-19/h3-12,15,21-22,25H,13-14,16H2,1-2H3/t21?,22-,25-/m1/s1. The van der Waals surface area contributed by atoms with Crippen molar-refractivity contribution in [3.05, 3.63) is 83.4 Å². The number of benzene rings is 2. The van der Waals surface area contributed by atoms with Crippen LogP contribution in [0, 0.1) is 0 Å². The van der Waals surface area contributed by atoms with Gasteiger partial charge in [-0.25, -0.2) is 4.79 Å². The molecule has 3 atom stereocenters. The molecule has 0 saturated carbocycles. The predicted molar refractivity (Wildman–Crippen MR) is 120 cm³/mol. The van der Waals surface area contributed by atoms with Crippen LogP contribution in [0.2, 0.25) is 0 Å². The lowest BCUT2D eigenvalue weighted by Crippen LogP contribution is -2.48. The Morgan fingerprint density at radius 1 is 0.794 bits per heavy atom. The summed E-state index contributed by atoms with van der Waals surface area (Å²) in [6.45, 7) is 1.19. The van der Waals surface area contributed by atoms with Crippen molar-refractivity contribution in [3.63, 3.8) is 0 Å². The maximum absolute atomic E-state index is 12.7. The Balaban J connectivity index is 1.83. The summed E-state index contributed by atoms with van der Waals surface area (Å²) in [5, 5.41) is 0. The Morgan fingerprint density at radius 3 is 1.82 bits per heavy atom. The number of carbonyl (C=O) groups excluding carboxylic acids is 4. The van der Waals surface area contributed by atoms with Crippen LogP contribution in [-0.4, -0.2) is 49.3 Å². The van der Waals surface area contributed by atoms with Crippen LogP contribution in [-0.2, 0) is 51.0 Å². The molecule has 0 N–H and O–H groups in total. The van der Waals surface area contributed by atoms with Gasteiger partial charge in [-0.1, -0.05) is 60.7 Å². The van der Waals surface area contributed by atoms with E-state index in [0.29, 0.717) is 0 Å². The number of carbonyl (C=O) groups is 4. The molecule has 0 aromatic heterocycles. The Labute approximate surface area is 197 Å². The zero-order valence-electron chi connectivity index (χ0n) is 19.0. The molecule has 8 heteroatoms. The summed E-state index contributed by atoms with van der Waals surface area (Å²) < 4.78 is 21.4. The molecule has 2 aromatic carbocycles. The summed E-state index contributed by atoms with van der Waals surface area (Å²) >= 11 is 0. The molecule has 2 aromatic rings. The fourth-order valence-corrected chi connectivity index (χ4v) is 3.66. The molecule has 1 aliphatic carbocycles. The van der Waals surface area contributed by atoms with Gasteiger partial charge in [-0.2, -0.15) is 0 Å². The minimum atomic E-state index is -1.13. The van der Waals surface area contributed by atoms with Crippen molar-refractivity contribution in [1.29, 1.82) is 0 Å². The van der Waals surface area contributed by atoms with E-state index in [4.69, 9.17) is 18.9 Å². The zero-order valence-corrected chi connectivity index (χ0v) is 19.0. The van der Waals surface area contributed by atoms with Gasteiger partial charge in [0.05, 0.1) is 20.0 Å². The van der Waals surface area contributed by atoms with Gasteiger partial charge in [0.2, 0.25) is 0 Å². The fraction of sp³-hybridized carbons (Fsp3) is 0.308. The van der Waals surface area contributed by atoms with Crippen molar-refractivity contribution >= 4 is 23.9 Å². The van der Waals surface area contributed by atoms with E-state index in [-0.39, 0.29) is 24.8 Å². The first-order valence-corrected chi connectivity index (χ1v) is 10.8. The third-order valence-corrected chi connectivity index (χ3v) is 5.16. The number of rotatable bonds is 8. The molecule has 8 nitrogen and oxygen atoms in total. The Kier molecular flexibility index (Phi) is 8.56. The molecule has 0 saturated heterocycles. The molecule has 1 unspecified atom stereocenters. The maximum Gasteiger partial charge on any atom is 0.333 e. The van der Waals surface area contributed by atoms with Crippen molar-refractivity contribution in [2.24, 2.45) is 0 Å². The average molecular weight is 466 g/mol. The van der Waals surface area contributed by atoms with Crippen LogP contribution in [0.5, 0.6) is 0 Å². The molecule has 3 rings (SSSR count). The van der Waals surface area contributed by atoms with Gasteiger partial charge in [0, 0.05) is 18.9 Å². The smallest absolute Gasteiger partial charge is 0.333 e. The highest BCUT2D eigenvalue weighted by Gasteiger charge is 2.42. The number of esters is 4. The van der Waals surface area contributed by atoms with E-state index >= 15 is 0 Å². The van der Waals surface area contributed by atoms with Crippen molar-refractivity contribution in [3.8, 4) is 0 Å². The molecular weight excluding hydrogens is 440 g/mol. The van der Waals surface area contributed by atoms with E-state index < -0.39 is 42.2 Å². The highest BCUT2D eigenvalue weighted by Crippen LogP contribution is 2.28. The van der Waals surface area contributed by atoms with E-state index in [1.807, 2.05) is 12.1 Å². The monoisotopic (exact) mass is 466 g/mol. The molecule has 0 amide bonds. The Hall–Kier alpha value is -3.94.